The zero-order chi connectivity index (χ0) is 18.8. The Kier molecular flexibility index (Phi) is 5.63. The first kappa shape index (κ1) is 19.5. The molecule has 0 bridgehead atoms. The van der Waals surface area contributed by atoms with Crippen LogP contribution in [0.25, 0.3) is 0 Å². The lowest BCUT2D eigenvalue weighted by Crippen LogP contribution is -2.21. The van der Waals surface area contributed by atoms with Gasteiger partial charge in [0.05, 0.1) is 15.4 Å². The summed E-state index contributed by atoms with van der Waals surface area (Å²) in [5.41, 5.74) is 1.91. The molecule has 0 aliphatic rings. The third-order valence-corrected chi connectivity index (χ3v) is 6.48. The van der Waals surface area contributed by atoms with Crippen molar-refractivity contribution >= 4 is 26.7 Å². The molecule has 6 nitrogen and oxygen atoms in total. The highest BCUT2D eigenvalue weighted by atomic mass is 32.2. The monoisotopic (exact) mass is 381 g/mol. The minimum Gasteiger partial charge on any atom is -0.234 e. The quantitative estimate of drug-likeness (QED) is 0.745. The van der Waals surface area contributed by atoms with Gasteiger partial charge in [0.25, 0.3) is 10.0 Å². The second-order valence-corrected chi connectivity index (χ2v) is 10.3. The summed E-state index contributed by atoms with van der Waals surface area (Å²) < 4.78 is 42.2. The third kappa shape index (κ3) is 4.43. The maximum Gasteiger partial charge on any atom is 0.282 e. The molecule has 1 heterocycles. The van der Waals surface area contributed by atoms with Gasteiger partial charge in [-0.15, -0.1) is 0 Å². The lowest BCUT2D eigenvalue weighted by atomic mass is 10.2. The van der Waals surface area contributed by atoms with E-state index in [4.69, 9.17) is 0 Å². The van der Waals surface area contributed by atoms with Gasteiger partial charge in [0.1, 0.15) is 16.7 Å². The minimum absolute atomic E-state index is 0.168. The van der Waals surface area contributed by atoms with Crippen molar-refractivity contribution < 1.29 is 12.6 Å². The summed E-state index contributed by atoms with van der Waals surface area (Å²) in [4.78, 5) is 0.168. The van der Waals surface area contributed by atoms with Crippen LogP contribution in [0.5, 0.6) is 0 Å². The maximum absolute atomic E-state index is 12.7. The van der Waals surface area contributed by atoms with Crippen LogP contribution >= 0.6 is 0 Å². The molecule has 0 aliphatic heterocycles. The highest BCUT2D eigenvalue weighted by Gasteiger charge is 2.22. The van der Waals surface area contributed by atoms with Crippen molar-refractivity contribution in [3.8, 4) is 0 Å². The number of hydrogen-bond donors (Lipinski definition) is 0. The molecular weight excluding hydrogens is 358 g/mol. The second-order valence-electron chi connectivity index (χ2n) is 6.64. The smallest absolute Gasteiger partial charge is 0.234 e. The predicted molar refractivity (Wildman–Crippen MR) is 101 cm³/mol. The topological polar surface area (TPSA) is 81.4 Å². The van der Waals surface area contributed by atoms with Gasteiger partial charge in [0.15, 0.2) is 0 Å². The summed E-state index contributed by atoms with van der Waals surface area (Å²) in [7, 11) is -5.19. The number of hydrogen-bond acceptors (Lipinski definition) is 4. The fourth-order valence-corrected chi connectivity index (χ4v) is 3.75. The average molecular weight is 382 g/mol. The number of rotatable bonds is 5. The Hall–Kier alpha value is -1.80. The fraction of sp³-hybridized carbons (Fsp3) is 0.412. The molecule has 0 saturated heterocycles. The molecule has 1 aromatic heterocycles. The summed E-state index contributed by atoms with van der Waals surface area (Å²) in [6.45, 7) is 9.26. The molecule has 8 heteroatoms. The van der Waals surface area contributed by atoms with Gasteiger partial charge in [0, 0.05) is 6.20 Å². The molecule has 25 heavy (non-hydrogen) atoms. The first-order valence-corrected chi connectivity index (χ1v) is 10.5. The van der Waals surface area contributed by atoms with Crippen LogP contribution in [-0.4, -0.2) is 32.3 Å². The van der Waals surface area contributed by atoms with Crippen LogP contribution < -0.4 is 0 Å². The third-order valence-electron chi connectivity index (χ3n) is 3.48. The van der Waals surface area contributed by atoms with E-state index >= 15 is 0 Å². The molecule has 136 valence electrons. The number of aryl methyl sites for hydroxylation is 1. The molecule has 0 saturated carbocycles. The van der Waals surface area contributed by atoms with Crippen LogP contribution in [0, 0.1) is 6.92 Å². The molecule has 0 spiro atoms. The Labute approximate surface area is 151 Å². The van der Waals surface area contributed by atoms with Crippen LogP contribution in [0.3, 0.4) is 0 Å². The standard InChI is InChI=1S/C17H23N3O3S2/c1-6-15(19-24(21)17(3,4)5)16-11-12-20(18-16)25(22,23)14-9-7-13(2)8-10-14/h7-12H,6H2,1-5H3. The largest absolute Gasteiger partial charge is 0.282 e. The highest BCUT2D eigenvalue weighted by molar-refractivity contribution is 7.89. The average Bonchev–Trinajstić information content (AvgIpc) is 3.02. The van der Waals surface area contributed by atoms with Gasteiger partial charge < -0.3 is 0 Å². The molecule has 2 rings (SSSR count). The Balaban J connectivity index is 2.40. The summed E-state index contributed by atoms with van der Waals surface area (Å²) in [6, 6.07) is 8.16. The van der Waals surface area contributed by atoms with Crippen LogP contribution in [0.4, 0.5) is 0 Å². The zero-order valence-electron chi connectivity index (χ0n) is 15.1. The van der Waals surface area contributed by atoms with E-state index in [1.165, 1.54) is 6.20 Å². The van der Waals surface area contributed by atoms with E-state index in [1.54, 1.807) is 30.3 Å². The number of benzene rings is 1. The summed E-state index contributed by atoms with van der Waals surface area (Å²) >= 11 is 0. The Morgan fingerprint density at radius 2 is 1.80 bits per heavy atom. The van der Waals surface area contributed by atoms with E-state index < -0.39 is 25.8 Å². The molecule has 2 aromatic rings. The summed E-state index contributed by atoms with van der Waals surface area (Å²) in [6.07, 6.45) is 1.89. The summed E-state index contributed by atoms with van der Waals surface area (Å²) in [5, 5.41) is 4.15. The number of nitrogens with zero attached hydrogens (tertiary/aromatic N) is 3. The van der Waals surface area contributed by atoms with Gasteiger partial charge in [-0.3, -0.25) is 0 Å². The molecule has 0 N–H and O–H groups in total. The van der Waals surface area contributed by atoms with E-state index in [-0.39, 0.29) is 4.90 Å². The van der Waals surface area contributed by atoms with Gasteiger partial charge in [-0.2, -0.15) is 22.0 Å². The van der Waals surface area contributed by atoms with Crippen molar-refractivity contribution in [1.82, 2.24) is 9.19 Å². The van der Waals surface area contributed by atoms with Gasteiger partial charge >= 0.3 is 0 Å². The van der Waals surface area contributed by atoms with E-state index in [9.17, 15) is 12.6 Å². The Morgan fingerprint density at radius 1 is 1.20 bits per heavy atom. The van der Waals surface area contributed by atoms with E-state index in [0.717, 1.165) is 9.65 Å². The van der Waals surface area contributed by atoms with Crippen molar-refractivity contribution in [3.63, 3.8) is 0 Å². The minimum atomic E-state index is -3.76. The molecule has 1 unspecified atom stereocenters. The van der Waals surface area contributed by atoms with Crippen LogP contribution in [0.1, 0.15) is 45.4 Å². The Morgan fingerprint density at radius 3 is 2.32 bits per heavy atom. The lowest BCUT2D eigenvalue weighted by molar-refractivity contribution is 0.580. The maximum atomic E-state index is 12.7. The molecule has 1 atom stereocenters. The molecule has 0 aliphatic carbocycles. The first-order valence-electron chi connectivity index (χ1n) is 7.93. The first-order chi connectivity index (χ1) is 11.6. The molecular formula is C17H23N3O3S2. The molecule has 0 radical (unpaired) electrons. The van der Waals surface area contributed by atoms with E-state index in [0.29, 0.717) is 17.8 Å². The fourth-order valence-electron chi connectivity index (χ4n) is 1.94. The highest BCUT2D eigenvalue weighted by Crippen LogP contribution is 2.17. The van der Waals surface area contributed by atoms with Crippen molar-refractivity contribution in [2.75, 3.05) is 0 Å². The van der Waals surface area contributed by atoms with E-state index in [2.05, 4.69) is 9.50 Å². The van der Waals surface area contributed by atoms with Gasteiger partial charge in [-0.05, 0) is 52.3 Å². The molecule has 0 amide bonds. The van der Waals surface area contributed by atoms with Crippen LogP contribution in [-0.2, 0) is 21.0 Å². The molecule has 1 aromatic carbocycles. The Bertz CT molecular complexity index is 905. The normalized spacial score (nSPS) is 14.5. The van der Waals surface area contributed by atoms with Gasteiger partial charge in [-0.1, -0.05) is 24.6 Å². The number of aromatic nitrogens is 2. The zero-order valence-corrected chi connectivity index (χ0v) is 16.7. The molecule has 0 fully saturated rings. The lowest BCUT2D eigenvalue weighted by Gasteiger charge is -2.14. The van der Waals surface area contributed by atoms with Crippen molar-refractivity contribution in [1.29, 1.82) is 0 Å². The van der Waals surface area contributed by atoms with Crippen LogP contribution in [0.15, 0.2) is 45.8 Å². The van der Waals surface area contributed by atoms with Gasteiger partial charge in [0.2, 0.25) is 0 Å². The summed E-state index contributed by atoms with van der Waals surface area (Å²) in [5.74, 6) is 0. The van der Waals surface area contributed by atoms with Crippen molar-refractivity contribution in [2.24, 2.45) is 4.40 Å². The van der Waals surface area contributed by atoms with Crippen molar-refractivity contribution in [2.45, 2.75) is 50.7 Å². The van der Waals surface area contributed by atoms with Crippen molar-refractivity contribution in [3.05, 3.63) is 47.8 Å². The predicted octanol–water partition coefficient (Wildman–Crippen LogP) is 3.09. The van der Waals surface area contributed by atoms with E-state index in [1.807, 2.05) is 34.6 Å². The SMILES string of the molecule is CCC(=NS(=O)C(C)(C)C)c1ccn(S(=O)(=O)c2ccc(C)cc2)n1. The second kappa shape index (κ2) is 7.21. The van der Waals surface area contributed by atoms with Crippen LogP contribution in [0.2, 0.25) is 0 Å². The van der Waals surface area contributed by atoms with Gasteiger partial charge in [-0.25, -0.2) is 4.21 Å².